The van der Waals surface area contributed by atoms with Gasteiger partial charge in [0.25, 0.3) is 0 Å². The van der Waals surface area contributed by atoms with E-state index in [2.05, 4.69) is 5.32 Å². The molecule has 2 aromatic rings. The summed E-state index contributed by atoms with van der Waals surface area (Å²) in [6, 6.07) is 15.3. The third-order valence-corrected chi connectivity index (χ3v) is 2.62. The van der Waals surface area contributed by atoms with Crippen LogP contribution in [-0.2, 0) is 4.74 Å². The highest BCUT2D eigenvalue weighted by molar-refractivity contribution is 5.90. The molecular formula is C15H15NO2. The molecule has 2 aromatic carbocycles. The number of methoxy groups -OCH3 is 1. The van der Waals surface area contributed by atoms with Crippen LogP contribution in [-0.4, -0.2) is 13.1 Å². The number of benzene rings is 2. The molecule has 0 saturated carbocycles. The van der Waals surface area contributed by atoms with Gasteiger partial charge in [0.1, 0.15) is 0 Å². The Labute approximate surface area is 106 Å². The minimum absolute atomic E-state index is 0.331. The van der Waals surface area contributed by atoms with Crippen molar-refractivity contribution in [2.24, 2.45) is 0 Å². The van der Waals surface area contributed by atoms with Crippen molar-refractivity contribution in [3.8, 4) is 0 Å². The van der Waals surface area contributed by atoms with E-state index in [9.17, 15) is 4.79 Å². The molecule has 0 aliphatic heterocycles. The van der Waals surface area contributed by atoms with Crippen LogP contribution >= 0.6 is 0 Å². The Hall–Kier alpha value is -2.29. The van der Waals surface area contributed by atoms with Crippen LogP contribution in [0.5, 0.6) is 0 Å². The number of aryl methyl sites for hydroxylation is 1. The van der Waals surface area contributed by atoms with Crippen molar-refractivity contribution < 1.29 is 9.53 Å². The lowest BCUT2D eigenvalue weighted by Crippen LogP contribution is -2.01. The normalized spacial score (nSPS) is 9.89. The third kappa shape index (κ3) is 2.88. The zero-order chi connectivity index (χ0) is 13.0. The van der Waals surface area contributed by atoms with Crippen molar-refractivity contribution in [3.63, 3.8) is 0 Å². The number of anilines is 2. The number of rotatable bonds is 3. The van der Waals surface area contributed by atoms with Gasteiger partial charge in [0.05, 0.1) is 12.7 Å². The van der Waals surface area contributed by atoms with E-state index in [1.807, 2.05) is 43.3 Å². The van der Waals surface area contributed by atoms with Crippen LogP contribution in [0.25, 0.3) is 0 Å². The van der Waals surface area contributed by atoms with Crippen molar-refractivity contribution in [1.82, 2.24) is 0 Å². The SMILES string of the molecule is COC(=O)c1cccc(Nc2ccc(C)cc2)c1. The van der Waals surface area contributed by atoms with Gasteiger partial charge in [-0.3, -0.25) is 0 Å². The van der Waals surface area contributed by atoms with E-state index in [1.54, 1.807) is 12.1 Å². The lowest BCUT2D eigenvalue weighted by molar-refractivity contribution is 0.0601. The number of ether oxygens (including phenoxy) is 1. The van der Waals surface area contributed by atoms with E-state index in [4.69, 9.17) is 4.74 Å². The molecule has 0 aliphatic carbocycles. The van der Waals surface area contributed by atoms with Crippen LogP contribution in [0.15, 0.2) is 48.5 Å². The summed E-state index contributed by atoms with van der Waals surface area (Å²) in [5.74, 6) is -0.331. The highest BCUT2D eigenvalue weighted by Crippen LogP contribution is 2.18. The highest BCUT2D eigenvalue weighted by Gasteiger charge is 2.05. The zero-order valence-corrected chi connectivity index (χ0v) is 10.4. The first-order valence-corrected chi connectivity index (χ1v) is 5.71. The predicted octanol–water partition coefficient (Wildman–Crippen LogP) is 3.53. The van der Waals surface area contributed by atoms with Crippen LogP contribution in [0.3, 0.4) is 0 Å². The van der Waals surface area contributed by atoms with Gasteiger partial charge in [-0.2, -0.15) is 0 Å². The Morgan fingerprint density at radius 2 is 1.78 bits per heavy atom. The van der Waals surface area contributed by atoms with Crippen molar-refractivity contribution in [3.05, 3.63) is 59.7 Å². The average Bonchev–Trinajstić information content (AvgIpc) is 2.41. The lowest BCUT2D eigenvalue weighted by atomic mass is 10.2. The van der Waals surface area contributed by atoms with E-state index in [0.717, 1.165) is 11.4 Å². The topological polar surface area (TPSA) is 38.3 Å². The van der Waals surface area contributed by atoms with Gasteiger partial charge in [-0.15, -0.1) is 0 Å². The van der Waals surface area contributed by atoms with Gasteiger partial charge in [-0.05, 0) is 37.3 Å². The van der Waals surface area contributed by atoms with E-state index in [1.165, 1.54) is 12.7 Å². The summed E-state index contributed by atoms with van der Waals surface area (Å²) in [4.78, 5) is 11.4. The first-order chi connectivity index (χ1) is 8.69. The molecule has 0 bridgehead atoms. The Morgan fingerprint density at radius 1 is 1.06 bits per heavy atom. The fourth-order valence-electron chi connectivity index (χ4n) is 1.65. The molecule has 0 saturated heterocycles. The minimum atomic E-state index is -0.331. The van der Waals surface area contributed by atoms with Crippen molar-refractivity contribution in [2.45, 2.75) is 6.92 Å². The molecule has 3 nitrogen and oxygen atoms in total. The number of nitrogens with one attached hydrogen (secondary N) is 1. The maximum atomic E-state index is 11.4. The molecule has 92 valence electrons. The summed E-state index contributed by atoms with van der Waals surface area (Å²) in [5, 5.41) is 3.24. The molecule has 3 heteroatoms. The molecule has 0 radical (unpaired) electrons. The Bertz CT molecular complexity index is 547. The van der Waals surface area contributed by atoms with Gasteiger partial charge in [0, 0.05) is 11.4 Å². The summed E-state index contributed by atoms with van der Waals surface area (Å²) in [6.45, 7) is 2.04. The van der Waals surface area contributed by atoms with Crippen LogP contribution < -0.4 is 5.32 Å². The van der Waals surface area contributed by atoms with Crippen molar-refractivity contribution >= 4 is 17.3 Å². The first kappa shape index (κ1) is 12.2. The van der Waals surface area contributed by atoms with Crippen molar-refractivity contribution in [1.29, 1.82) is 0 Å². The summed E-state index contributed by atoms with van der Waals surface area (Å²) in [7, 11) is 1.38. The minimum Gasteiger partial charge on any atom is -0.465 e. The molecule has 0 aromatic heterocycles. The van der Waals surface area contributed by atoms with Gasteiger partial charge in [0.15, 0.2) is 0 Å². The smallest absolute Gasteiger partial charge is 0.337 e. The van der Waals surface area contributed by atoms with Gasteiger partial charge in [-0.25, -0.2) is 4.79 Å². The monoisotopic (exact) mass is 241 g/mol. The number of carbonyl (C=O) groups excluding carboxylic acids is 1. The van der Waals surface area contributed by atoms with Crippen LogP contribution in [0.2, 0.25) is 0 Å². The van der Waals surface area contributed by atoms with Gasteiger partial charge in [-0.1, -0.05) is 23.8 Å². The Kier molecular flexibility index (Phi) is 3.63. The van der Waals surface area contributed by atoms with E-state index < -0.39 is 0 Å². The Balaban J connectivity index is 2.19. The predicted molar refractivity (Wildman–Crippen MR) is 72.2 cm³/mol. The van der Waals surface area contributed by atoms with E-state index in [0.29, 0.717) is 5.56 Å². The molecule has 0 amide bonds. The van der Waals surface area contributed by atoms with Gasteiger partial charge < -0.3 is 10.1 Å². The first-order valence-electron chi connectivity index (χ1n) is 5.71. The van der Waals surface area contributed by atoms with Crippen LogP contribution in [0, 0.1) is 6.92 Å². The largest absolute Gasteiger partial charge is 0.465 e. The maximum Gasteiger partial charge on any atom is 0.337 e. The number of carbonyl (C=O) groups is 1. The molecule has 0 spiro atoms. The number of hydrogen-bond acceptors (Lipinski definition) is 3. The molecular weight excluding hydrogens is 226 g/mol. The summed E-state index contributed by atoms with van der Waals surface area (Å²) in [6.07, 6.45) is 0. The molecule has 1 N–H and O–H groups in total. The zero-order valence-electron chi connectivity index (χ0n) is 10.4. The standard InChI is InChI=1S/C15H15NO2/c1-11-6-8-13(9-7-11)16-14-5-3-4-12(10-14)15(17)18-2/h3-10,16H,1-2H3. The quantitative estimate of drug-likeness (QED) is 0.835. The molecule has 0 fully saturated rings. The lowest BCUT2D eigenvalue weighted by Gasteiger charge is -2.08. The number of esters is 1. The molecule has 0 aliphatic rings. The second-order valence-corrected chi connectivity index (χ2v) is 4.06. The molecule has 2 rings (SSSR count). The van der Waals surface area contributed by atoms with Crippen molar-refractivity contribution in [2.75, 3.05) is 12.4 Å². The highest BCUT2D eigenvalue weighted by atomic mass is 16.5. The van der Waals surface area contributed by atoms with Gasteiger partial charge in [0.2, 0.25) is 0 Å². The average molecular weight is 241 g/mol. The van der Waals surface area contributed by atoms with E-state index >= 15 is 0 Å². The number of hydrogen-bond donors (Lipinski definition) is 1. The Morgan fingerprint density at radius 3 is 2.44 bits per heavy atom. The molecule has 0 atom stereocenters. The fraction of sp³-hybridized carbons (Fsp3) is 0.133. The third-order valence-electron chi connectivity index (χ3n) is 2.62. The second kappa shape index (κ2) is 5.36. The molecule has 18 heavy (non-hydrogen) atoms. The summed E-state index contributed by atoms with van der Waals surface area (Å²) < 4.78 is 4.69. The van der Waals surface area contributed by atoms with Crippen LogP contribution in [0.1, 0.15) is 15.9 Å². The fourth-order valence-corrected chi connectivity index (χ4v) is 1.65. The summed E-state index contributed by atoms with van der Waals surface area (Å²) in [5.41, 5.74) is 3.60. The van der Waals surface area contributed by atoms with Crippen LogP contribution in [0.4, 0.5) is 11.4 Å². The molecule has 0 heterocycles. The van der Waals surface area contributed by atoms with E-state index in [-0.39, 0.29) is 5.97 Å². The molecule has 0 unspecified atom stereocenters. The maximum absolute atomic E-state index is 11.4. The van der Waals surface area contributed by atoms with Gasteiger partial charge >= 0.3 is 5.97 Å². The summed E-state index contributed by atoms with van der Waals surface area (Å²) >= 11 is 0. The second-order valence-electron chi connectivity index (χ2n) is 4.06.